The number of hydrogen-bond acceptors (Lipinski definition) is 2. The van der Waals surface area contributed by atoms with Crippen molar-refractivity contribution in [1.82, 2.24) is 0 Å². The van der Waals surface area contributed by atoms with Gasteiger partial charge in [-0.1, -0.05) is 23.7 Å². The van der Waals surface area contributed by atoms with Gasteiger partial charge >= 0.3 is 0 Å². The van der Waals surface area contributed by atoms with Gasteiger partial charge in [-0.3, -0.25) is 0 Å². The van der Waals surface area contributed by atoms with Crippen LogP contribution in [0.3, 0.4) is 0 Å². The third-order valence-corrected chi connectivity index (χ3v) is 1.83. The summed E-state index contributed by atoms with van der Waals surface area (Å²) in [7, 11) is 1.55. The summed E-state index contributed by atoms with van der Waals surface area (Å²) in [6.45, 7) is 0.307. The largest absolute Gasteiger partial charge is 0.386 e. The minimum Gasteiger partial charge on any atom is -0.386 e. The molecule has 1 aromatic rings. The highest BCUT2D eigenvalue weighted by Crippen LogP contribution is 2.16. The lowest BCUT2D eigenvalue weighted by molar-refractivity contribution is 0.0644. The van der Waals surface area contributed by atoms with Crippen LogP contribution in [0.15, 0.2) is 24.3 Å². The predicted molar refractivity (Wildman–Crippen MR) is 48.3 cm³/mol. The number of hydrogen-bond donors (Lipinski definition) is 1. The van der Waals surface area contributed by atoms with Crippen molar-refractivity contribution in [3.63, 3.8) is 0 Å². The zero-order valence-corrected chi connectivity index (χ0v) is 7.58. The summed E-state index contributed by atoms with van der Waals surface area (Å²) in [4.78, 5) is 0. The van der Waals surface area contributed by atoms with Crippen LogP contribution in [0, 0.1) is 0 Å². The van der Waals surface area contributed by atoms with Gasteiger partial charge in [-0.05, 0) is 17.7 Å². The SMILES string of the molecule is COCC(O)c1ccc(Cl)cc1. The van der Waals surface area contributed by atoms with E-state index in [1.54, 1.807) is 31.4 Å². The van der Waals surface area contributed by atoms with Crippen LogP contribution in [-0.4, -0.2) is 18.8 Å². The minimum absolute atomic E-state index is 0.307. The summed E-state index contributed by atoms with van der Waals surface area (Å²) >= 11 is 5.68. The second-order valence-corrected chi connectivity index (χ2v) is 2.96. The van der Waals surface area contributed by atoms with Crippen LogP contribution in [0.4, 0.5) is 0 Å². The highest BCUT2D eigenvalue weighted by molar-refractivity contribution is 6.30. The highest BCUT2D eigenvalue weighted by atomic mass is 35.5. The molecule has 0 bridgehead atoms. The van der Waals surface area contributed by atoms with E-state index in [0.29, 0.717) is 11.6 Å². The number of methoxy groups -OCH3 is 1. The molecule has 0 amide bonds. The second-order valence-electron chi connectivity index (χ2n) is 2.52. The Bertz CT molecular complexity index is 233. The Balaban J connectivity index is 2.68. The molecule has 2 nitrogen and oxygen atoms in total. The number of aliphatic hydroxyl groups excluding tert-OH is 1. The molecule has 3 heteroatoms. The Hall–Kier alpha value is -0.570. The molecule has 1 N–H and O–H groups in total. The molecule has 1 rings (SSSR count). The molecule has 12 heavy (non-hydrogen) atoms. The maximum Gasteiger partial charge on any atom is 0.102 e. The van der Waals surface area contributed by atoms with Crippen LogP contribution in [0.5, 0.6) is 0 Å². The molecule has 66 valence electrons. The van der Waals surface area contributed by atoms with Crippen molar-refractivity contribution in [1.29, 1.82) is 0 Å². The maximum absolute atomic E-state index is 9.44. The zero-order valence-electron chi connectivity index (χ0n) is 6.83. The summed E-state index contributed by atoms with van der Waals surface area (Å²) in [6, 6.07) is 7.06. The molecule has 0 radical (unpaired) electrons. The molecule has 0 aliphatic rings. The van der Waals surface area contributed by atoms with Gasteiger partial charge in [0.25, 0.3) is 0 Å². The average Bonchev–Trinajstić information content (AvgIpc) is 2.06. The lowest BCUT2D eigenvalue weighted by Gasteiger charge is -2.08. The fraction of sp³-hybridized carbons (Fsp3) is 0.333. The molecule has 0 aliphatic carbocycles. The first kappa shape index (κ1) is 9.52. The molecule has 0 saturated heterocycles. The first-order valence-corrected chi connectivity index (χ1v) is 4.04. The molecule has 1 aromatic carbocycles. The first-order chi connectivity index (χ1) is 5.74. The molecule has 0 fully saturated rings. The molecule has 1 atom stereocenters. The Labute approximate surface area is 76.7 Å². The molecule has 0 aliphatic heterocycles. The third-order valence-electron chi connectivity index (χ3n) is 1.58. The fourth-order valence-corrected chi connectivity index (χ4v) is 1.07. The van der Waals surface area contributed by atoms with Gasteiger partial charge in [0, 0.05) is 12.1 Å². The lowest BCUT2D eigenvalue weighted by Crippen LogP contribution is -2.04. The van der Waals surface area contributed by atoms with E-state index < -0.39 is 6.10 Å². The monoisotopic (exact) mass is 186 g/mol. The van der Waals surface area contributed by atoms with Crippen LogP contribution < -0.4 is 0 Å². The van der Waals surface area contributed by atoms with Gasteiger partial charge < -0.3 is 9.84 Å². The van der Waals surface area contributed by atoms with E-state index in [-0.39, 0.29) is 0 Å². The third kappa shape index (κ3) is 2.48. The Kier molecular flexibility index (Phi) is 3.53. The van der Waals surface area contributed by atoms with Crippen molar-refractivity contribution in [2.24, 2.45) is 0 Å². The summed E-state index contributed by atoms with van der Waals surface area (Å²) in [5, 5.41) is 10.1. The maximum atomic E-state index is 9.44. The van der Waals surface area contributed by atoms with Crippen molar-refractivity contribution < 1.29 is 9.84 Å². The summed E-state index contributed by atoms with van der Waals surface area (Å²) in [5.74, 6) is 0. The average molecular weight is 187 g/mol. The van der Waals surface area contributed by atoms with Gasteiger partial charge in [-0.2, -0.15) is 0 Å². The molecule has 0 aromatic heterocycles. The van der Waals surface area contributed by atoms with Crippen molar-refractivity contribution in [3.8, 4) is 0 Å². The Morgan fingerprint density at radius 2 is 2.00 bits per heavy atom. The van der Waals surface area contributed by atoms with E-state index in [2.05, 4.69) is 0 Å². The number of halogens is 1. The Morgan fingerprint density at radius 1 is 1.42 bits per heavy atom. The smallest absolute Gasteiger partial charge is 0.102 e. The van der Waals surface area contributed by atoms with Crippen molar-refractivity contribution in [3.05, 3.63) is 34.9 Å². The van der Waals surface area contributed by atoms with E-state index in [1.165, 1.54) is 0 Å². The van der Waals surface area contributed by atoms with E-state index >= 15 is 0 Å². The van der Waals surface area contributed by atoms with Crippen LogP contribution in [0.2, 0.25) is 5.02 Å². The highest BCUT2D eigenvalue weighted by Gasteiger charge is 2.05. The number of rotatable bonds is 3. The normalized spacial score (nSPS) is 12.9. The number of aliphatic hydroxyl groups is 1. The molecular weight excluding hydrogens is 176 g/mol. The summed E-state index contributed by atoms with van der Waals surface area (Å²) in [5.41, 5.74) is 0.821. The van der Waals surface area contributed by atoms with Gasteiger partial charge in [0.05, 0.1) is 6.61 Å². The van der Waals surface area contributed by atoms with E-state index in [9.17, 15) is 5.11 Å². The standard InChI is InChI=1S/C9H11ClO2/c1-12-6-9(11)7-2-4-8(10)5-3-7/h2-5,9,11H,6H2,1H3. The van der Waals surface area contributed by atoms with Crippen LogP contribution in [-0.2, 0) is 4.74 Å². The molecule has 1 unspecified atom stereocenters. The van der Waals surface area contributed by atoms with Crippen LogP contribution in [0.25, 0.3) is 0 Å². The number of benzene rings is 1. The van der Waals surface area contributed by atoms with E-state index in [4.69, 9.17) is 16.3 Å². The van der Waals surface area contributed by atoms with Crippen molar-refractivity contribution in [2.45, 2.75) is 6.10 Å². The second kappa shape index (κ2) is 4.45. The topological polar surface area (TPSA) is 29.5 Å². The minimum atomic E-state index is -0.563. The molecule has 0 heterocycles. The van der Waals surface area contributed by atoms with Crippen LogP contribution >= 0.6 is 11.6 Å². The predicted octanol–water partition coefficient (Wildman–Crippen LogP) is 2.02. The van der Waals surface area contributed by atoms with E-state index in [0.717, 1.165) is 5.56 Å². The van der Waals surface area contributed by atoms with Crippen LogP contribution in [0.1, 0.15) is 11.7 Å². The zero-order chi connectivity index (χ0) is 8.97. The van der Waals surface area contributed by atoms with Gasteiger partial charge in [0.2, 0.25) is 0 Å². The fourth-order valence-electron chi connectivity index (χ4n) is 0.939. The van der Waals surface area contributed by atoms with Crippen molar-refractivity contribution >= 4 is 11.6 Å². The summed E-state index contributed by atoms with van der Waals surface area (Å²) in [6.07, 6.45) is -0.563. The molecular formula is C9H11ClO2. The van der Waals surface area contributed by atoms with Gasteiger partial charge in [-0.25, -0.2) is 0 Å². The van der Waals surface area contributed by atoms with Gasteiger partial charge in [0.15, 0.2) is 0 Å². The van der Waals surface area contributed by atoms with E-state index in [1.807, 2.05) is 0 Å². The van der Waals surface area contributed by atoms with Gasteiger partial charge in [0.1, 0.15) is 6.10 Å². The quantitative estimate of drug-likeness (QED) is 0.783. The Morgan fingerprint density at radius 3 is 2.50 bits per heavy atom. The molecule has 0 spiro atoms. The first-order valence-electron chi connectivity index (χ1n) is 3.66. The lowest BCUT2D eigenvalue weighted by atomic mass is 10.1. The van der Waals surface area contributed by atoms with Gasteiger partial charge in [-0.15, -0.1) is 0 Å². The summed E-state index contributed by atoms with van der Waals surface area (Å²) < 4.78 is 4.81. The number of ether oxygens (including phenoxy) is 1. The van der Waals surface area contributed by atoms with Crippen molar-refractivity contribution in [2.75, 3.05) is 13.7 Å². The molecule has 0 saturated carbocycles.